The van der Waals surface area contributed by atoms with Crippen LogP contribution in [0.2, 0.25) is 0 Å². The molecule has 3 unspecified atom stereocenters. The van der Waals surface area contributed by atoms with Crippen molar-refractivity contribution in [2.75, 3.05) is 19.6 Å². The number of piperazine rings is 1. The molecule has 3 aliphatic heterocycles. The Morgan fingerprint density at radius 3 is 2.28 bits per heavy atom. The van der Waals surface area contributed by atoms with Crippen LogP contribution in [0.15, 0.2) is 60.7 Å². The number of imide groups is 1. The molecular formula is C31H34N6O9S. The Morgan fingerprint density at radius 2 is 1.66 bits per heavy atom. The average Bonchev–Trinajstić information content (AvgIpc) is 3.23. The van der Waals surface area contributed by atoms with Crippen LogP contribution in [0.3, 0.4) is 0 Å². The third-order valence-corrected chi connectivity index (χ3v) is 10.8. The zero-order valence-electron chi connectivity index (χ0n) is 25.8. The highest BCUT2D eigenvalue weighted by Crippen LogP contribution is 2.52. The molecule has 3 fully saturated rings. The number of nitrogens with one attached hydrogen (secondary N) is 3. The molecule has 3 aliphatic rings. The minimum absolute atomic E-state index is 0.106. The summed E-state index contributed by atoms with van der Waals surface area (Å²) >= 11 is -2.17. The van der Waals surface area contributed by atoms with Crippen molar-refractivity contribution < 1.29 is 42.9 Å². The van der Waals surface area contributed by atoms with Crippen molar-refractivity contribution in [3.63, 3.8) is 0 Å². The number of amides is 7. The maximum absolute atomic E-state index is 14.1. The Hall–Kier alpha value is -4.96. The second-order valence-corrected chi connectivity index (χ2v) is 13.8. The molecule has 16 heteroatoms. The molecule has 248 valence electrons. The summed E-state index contributed by atoms with van der Waals surface area (Å²) in [5.74, 6) is -4.53. The van der Waals surface area contributed by atoms with Gasteiger partial charge in [0.2, 0.25) is 18.4 Å². The topological polar surface area (TPSA) is 198 Å². The second-order valence-electron chi connectivity index (χ2n) is 11.6. The van der Waals surface area contributed by atoms with E-state index in [0.717, 1.165) is 4.90 Å². The van der Waals surface area contributed by atoms with Gasteiger partial charge >= 0.3 is 28.8 Å². The standard InChI is InChI=1S/C31H34N6O9S/c1-4-35-15-16-36(27(42)26(35)41)29(44)33-21(20-13-9-6-10-14-20)24(39)34-22-25(40)37-23(28(43)46-17-19-11-7-5-8-12-19)30(2,3)47(45)31(22,37)32-18-38/h5-14,18,21-23H,4,15-17H2,1-3H3,(H,32,38)(H,33,44)(H,34,39)/t21?,22-,23+,31?,47?/m1/s1. The lowest BCUT2D eigenvalue weighted by Gasteiger charge is -2.50. The first kappa shape index (κ1) is 33.4. The van der Waals surface area contributed by atoms with E-state index in [1.54, 1.807) is 55.5 Å². The summed E-state index contributed by atoms with van der Waals surface area (Å²) < 4.78 is 18.1. The normalized spacial score (nSPS) is 25.3. The first-order valence-electron chi connectivity index (χ1n) is 14.8. The fraction of sp³-hybridized carbons (Fsp3) is 0.387. The van der Waals surface area contributed by atoms with Crippen molar-refractivity contribution in [3.05, 3.63) is 71.8 Å². The fourth-order valence-electron chi connectivity index (χ4n) is 6.06. The molecular weight excluding hydrogens is 632 g/mol. The molecule has 15 nitrogen and oxygen atoms in total. The molecule has 5 rings (SSSR count). The van der Waals surface area contributed by atoms with Crippen molar-refractivity contribution in [1.82, 2.24) is 30.7 Å². The fourth-order valence-corrected chi connectivity index (χ4v) is 8.17. The number of esters is 1. The van der Waals surface area contributed by atoms with Gasteiger partial charge in [0.05, 0.1) is 0 Å². The number of carbonyl (C=O) groups excluding carboxylic acids is 7. The van der Waals surface area contributed by atoms with Crippen LogP contribution in [0.1, 0.15) is 37.9 Å². The Bertz CT molecular complexity index is 1590. The summed E-state index contributed by atoms with van der Waals surface area (Å²) in [5.41, 5.74) is 0.947. The molecule has 0 radical (unpaired) electrons. The van der Waals surface area contributed by atoms with Crippen molar-refractivity contribution in [3.8, 4) is 0 Å². The number of β-lactam (4-membered cyclic amide) rings is 1. The van der Waals surface area contributed by atoms with Crippen molar-refractivity contribution in [2.45, 2.75) is 55.2 Å². The maximum Gasteiger partial charge on any atom is 0.335 e. The van der Waals surface area contributed by atoms with Gasteiger partial charge in [-0.1, -0.05) is 60.7 Å². The molecule has 47 heavy (non-hydrogen) atoms. The van der Waals surface area contributed by atoms with E-state index in [1.165, 1.54) is 30.9 Å². The second kappa shape index (κ2) is 13.0. The van der Waals surface area contributed by atoms with Gasteiger partial charge in [-0.3, -0.25) is 39.1 Å². The van der Waals surface area contributed by atoms with Crippen LogP contribution in [0.25, 0.3) is 0 Å². The van der Waals surface area contributed by atoms with Crippen molar-refractivity contribution in [1.29, 1.82) is 0 Å². The van der Waals surface area contributed by atoms with E-state index in [4.69, 9.17) is 4.74 Å². The molecule has 3 heterocycles. The Labute approximate surface area is 273 Å². The maximum atomic E-state index is 14.1. The predicted molar refractivity (Wildman–Crippen MR) is 165 cm³/mol. The minimum atomic E-state index is -2.17. The first-order valence-corrected chi connectivity index (χ1v) is 16.0. The summed E-state index contributed by atoms with van der Waals surface area (Å²) in [5, 5.41) is 7.38. The first-order chi connectivity index (χ1) is 22.4. The van der Waals surface area contributed by atoms with E-state index >= 15 is 0 Å². The molecule has 0 bridgehead atoms. The molecule has 0 aliphatic carbocycles. The van der Waals surface area contributed by atoms with E-state index < -0.39 is 74.7 Å². The summed E-state index contributed by atoms with van der Waals surface area (Å²) in [4.78, 5) is 92.0. The molecule has 0 spiro atoms. The van der Waals surface area contributed by atoms with Crippen LogP contribution in [0.5, 0.6) is 0 Å². The van der Waals surface area contributed by atoms with E-state index in [1.807, 2.05) is 0 Å². The smallest absolute Gasteiger partial charge is 0.335 e. The van der Waals surface area contributed by atoms with E-state index in [9.17, 15) is 38.1 Å². The molecule has 3 N–H and O–H groups in total. The van der Waals surface area contributed by atoms with Crippen molar-refractivity contribution >= 4 is 53.2 Å². The molecule has 3 saturated heterocycles. The Balaban J connectivity index is 1.39. The third kappa shape index (κ3) is 5.67. The number of hydrogen-bond donors (Lipinski definition) is 3. The molecule has 2 aromatic carbocycles. The molecule has 7 amide bonds. The van der Waals surface area contributed by atoms with Gasteiger partial charge in [0.1, 0.15) is 12.6 Å². The lowest BCUT2D eigenvalue weighted by Crippen LogP contribution is -2.85. The van der Waals surface area contributed by atoms with Crippen LogP contribution < -0.4 is 16.0 Å². The van der Waals surface area contributed by atoms with Gasteiger partial charge in [-0.15, -0.1) is 0 Å². The zero-order valence-corrected chi connectivity index (χ0v) is 26.7. The number of rotatable bonds is 10. The quantitative estimate of drug-likeness (QED) is 0.0985. The Kier molecular flexibility index (Phi) is 9.27. The number of hydrogen-bond acceptors (Lipinski definition) is 9. The number of likely N-dealkylation sites (N-methyl/N-ethyl adjacent to an activating group) is 1. The van der Waals surface area contributed by atoms with Crippen LogP contribution >= 0.6 is 0 Å². The van der Waals surface area contributed by atoms with Gasteiger partial charge in [-0.25, -0.2) is 9.59 Å². The number of fused-ring (bicyclic) bond motifs is 1. The van der Waals surface area contributed by atoms with Crippen LogP contribution in [-0.2, 0) is 51.3 Å². The van der Waals surface area contributed by atoms with Gasteiger partial charge < -0.3 is 24.8 Å². The average molecular weight is 667 g/mol. The molecule has 0 aromatic heterocycles. The molecule has 5 atom stereocenters. The van der Waals surface area contributed by atoms with Gasteiger partial charge in [-0.2, -0.15) is 0 Å². The van der Waals surface area contributed by atoms with Gasteiger partial charge in [0.25, 0.3) is 5.91 Å². The number of benzene rings is 2. The number of ether oxygens (including phenoxy) is 1. The highest BCUT2D eigenvalue weighted by molar-refractivity contribution is 7.94. The monoisotopic (exact) mass is 666 g/mol. The minimum Gasteiger partial charge on any atom is -0.612 e. The third-order valence-electron chi connectivity index (χ3n) is 8.51. The SMILES string of the molecule is CCN1CCN(C(=O)NC(C(=O)N[C@@H]2C(=O)N3[C@@H](C(=O)OCc4ccccc4)C(C)(C)[S+]([O-])C23NC=O)c2ccccc2)C(=O)C1=O. The summed E-state index contributed by atoms with van der Waals surface area (Å²) in [6.07, 6.45) is 0.222. The Morgan fingerprint density at radius 1 is 1.02 bits per heavy atom. The van der Waals surface area contributed by atoms with E-state index in [0.29, 0.717) is 10.5 Å². The number of nitrogens with zero attached hydrogens (tertiary/aromatic N) is 3. The highest BCUT2D eigenvalue weighted by Gasteiger charge is 2.83. The number of carbonyl (C=O) groups is 7. The highest BCUT2D eigenvalue weighted by atomic mass is 32.2. The summed E-state index contributed by atoms with van der Waals surface area (Å²) in [7, 11) is 0. The van der Waals surface area contributed by atoms with Gasteiger partial charge in [0.15, 0.2) is 10.8 Å². The zero-order chi connectivity index (χ0) is 34.1. The van der Waals surface area contributed by atoms with Crippen LogP contribution in [-0.4, -0.2) is 103 Å². The largest absolute Gasteiger partial charge is 0.612 e. The van der Waals surface area contributed by atoms with Gasteiger partial charge in [0, 0.05) is 30.8 Å². The van der Waals surface area contributed by atoms with E-state index in [2.05, 4.69) is 16.0 Å². The molecule has 2 aromatic rings. The lowest BCUT2D eigenvalue weighted by atomic mass is 9.92. The lowest BCUT2D eigenvalue weighted by molar-refractivity contribution is -0.174. The van der Waals surface area contributed by atoms with E-state index in [-0.39, 0.29) is 38.2 Å². The van der Waals surface area contributed by atoms with Crippen molar-refractivity contribution in [2.24, 2.45) is 0 Å². The van der Waals surface area contributed by atoms with Crippen LogP contribution in [0, 0.1) is 0 Å². The summed E-state index contributed by atoms with van der Waals surface area (Å²) in [6.45, 7) is 4.84. The van der Waals surface area contributed by atoms with Gasteiger partial charge in [-0.05, 0) is 31.9 Å². The predicted octanol–water partition coefficient (Wildman–Crippen LogP) is -0.492. The van der Waals surface area contributed by atoms with Crippen LogP contribution in [0.4, 0.5) is 4.79 Å². The number of urea groups is 1. The molecule has 0 saturated carbocycles. The summed E-state index contributed by atoms with van der Waals surface area (Å²) in [6, 6.07) is 11.2.